The van der Waals surface area contributed by atoms with Gasteiger partial charge in [-0.25, -0.2) is 0 Å². The predicted molar refractivity (Wildman–Crippen MR) is 140 cm³/mol. The van der Waals surface area contributed by atoms with Gasteiger partial charge in [-0.1, -0.05) is 93.8 Å². The summed E-state index contributed by atoms with van der Waals surface area (Å²) in [5.74, 6) is 1.10. The molecule has 1 heterocycles. The number of hydrogen-bond donors (Lipinski definition) is 0. The lowest BCUT2D eigenvalue weighted by Crippen LogP contribution is -2.48. The first-order valence-electron chi connectivity index (χ1n) is 12.9. The van der Waals surface area contributed by atoms with Crippen LogP contribution in [-0.4, -0.2) is 49.6 Å². The fourth-order valence-electron chi connectivity index (χ4n) is 5.71. The summed E-state index contributed by atoms with van der Waals surface area (Å²) in [7, 11) is 2.25. The van der Waals surface area contributed by atoms with Crippen LogP contribution in [0, 0.1) is 11.3 Å². The van der Waals surface area contributed by atoms with E-state index in [1.54, 1.807) is 0 Å². The summed E-state index contributed by atoms with van der Waals surface area (Å²) in [6, 6.07) is 10.8. The largest absolute Gasteiger partial charge is 0.304 e. The number of rotatable bonds is 9. The van der Waals surface area contributed by atoms with E-state index >= 15 is 0 Å². The second-order valence-corrected chi connectivity index (χ2v) is 10.7. The third-order valence-electron chi connectivity index (χ3n) is 8.06. The minimum Gasteiger partial charge on any atom is -0.304 e. The molecule has 0 spiro atoms. The van der Waals surface area contributed by atoms with Crippen LogP contribution in [0.15, 0.2) is 66.3 Å². The van der Waals surface area contributed by atoms with Gasteiger partial charge >= 0.3 is 0 Å². The number of benzene rings is 1. The molecule has 2 heteroatoms. The topological polar surface area (TPSA) is 6.48 Å². The standard InChI is InChI=1S/C30H46N2/c1-6-27(16-15-25(2)23-26(3)28-13-9-7-10-14-28)29(30(4)17-11-8-12-18-30)24-32-21-19-31(5)20-22-32/h6-7,9-10,13-16,26,29H,2,8,11-12,17-24H2,1,3-5H3/b16-15-,27-6+. The van der Waals surface area contributed by atoms with E-state index in [2.05, 4.69) is 92.8 Å². The van der Waals surface area contributed by atoms with E-state index in [0.29, 0.717) is 17.3 Å². The van der Waals surface area contributed by atoms with Gasteiger partial charge in [-0.05, 0) is 55.7 Å². The Hall–Kier alpha value is -1.64. The SMILES string of the molecule is C=C(/C=C\C(=C/C)C(CN1CCN(C)CC1)C1(C)CCCCC1)CC(C)c1ccccc1. The zero-order valence-corrected chi connectivity index (χ0v) is 21.2. The molecule has 176 valence electrons. The monoisotopic (exact) mass is 434 g/mol. The summed E-state index contributed by atoms with van der Waals surface area (Å²) in [4.78, 5) is 5.18. The van der Waals surface area contributed by atoms with E-state index in [9.17, 15) is 0 Å². The van der Waals surface area contributed by atoms with Crippen LogP contribution < -0.4 is 0 Å². The first-order valence-corrected chi connectivity index (χ1v) is 12.9. The van der Waals surface area contributed by atoms with Gasteiger partial charge in [-0.2, -0.15) is 0 Å². The predicted octanol–water partition coefficient (Wildman–Crippen LogP) is 7.07. The van der Waals surface area contributed by atoms with Crippen molar-refractivity contribution < 1.29 is 0 Å². The Labute approximate surface area is 198 Å². The molecular formula is C30H46N2. The van der Waals surface area contributed by atoms with E-state index in [1.165, 1.54) is 81.5 Å². The average molecular weight is 435 g/mol. The van der Waals surface area contributed by atoms with Crippen LogP contribution in [-0.2, 0) is 0 Å². The molecule has 1 saturated heterocycles. The molecule has 2 nitrogen and oxygen atoms in total. The van der Waals surface area contributed by atoms with E-state index in [0.717, 1.165) is 6.42 Å². The van der Waals surface area contributed by atoms with Gasteiger partial charge < -0.3 is 9.80 Å². The highest BCUT2D eigenvalue weighted by atomic mass is 15.2. The molecule has 1 aromatic carbocycles. The van der Waals surface area contributed by atoms with Gasteiger partial charge in [0.2, 0.25) is 0 Å². The van der Waals surface area contributed by atoms with E-state index in [1.807, 2.05) is 0 Å². The van der Waals surface area contributed by atoms with Crippen LogP contribution in [0.5, 0.6) is 0 Å². The van der Waals surface area contributed by atoms with Crippen molar-refractivity contribution in [3.05, 3.63) is 71.8 Å². The van der Waals surface area contributed by atoms with Crippen LogP contribution in [0.1, 0.15) is 70.8 Å². The lowest BCUT2D eigenvalue weighted by atomic mass is 9.64. The molecule has 0 amide bonds. The maximum Gasteiger partial charge on any atom is 0.0110 e. The van der Waals surface area contributed by atoms with Crippen LogP contribution in [0.4, 0.5) is 0 Å². The van der Waals surface area contributed by atoms with Gasteiger partial charge in [0.15, 0.2) is 0 Å². The molecule has 1 aliphatic carbocycles. The summed E-state index contributed by atoms with van der Waals surface area (Å²) in [5.41, 5.74) is 4.55. The molecule has 2 fully saturated rings. The van der Waals surface area contributed by atoms with E-state index in [4.69, 9.17) is 0 Å². The van der Waals surface area contributed by atoms with Gasteiger partial charge in [0, 0.05) is 38.6 Å². The van der Waals surface area contributed by atoms with Crippen molar-refractivity contribution in [1.82, 2.24) is 9.80 Å². The number of likely N-dealkylation sites (N-methyl/N-ethyl adjacent to an activating group) is 1. The third kappa shape index (κ3) is 6.93. The fraction of sp³-hybridized carbons (Fsp3) is 0.600. The summed E-state index contributed by atoms with van der Waals surface area (Å²) < 4.78 is 0. The molecule has 0 radical (unpaired) electrons. The molecule has 2 aliphatic rings. The van der Waals surface area contributed by atoms with Gasteiger partial charge in [-0.3, -0.25) is 0 Å². The van der Waals surface area contributed by atoms with E-state index < -0.39 is 0 Å². The molecular weight excluding hydrogens is 388 g/mol. The highest BCUT2D eigenvalue weighted by Gasteiger charge is 2.37. The molecule has 0 aromatic heterocycles. The molecule has 2 unspecified atom stereocenters. The second-order valence-electron chi connectivity index (χ2n) is 10.7. The Morgan fingerprint density at radius 3 is 2.31 bits per heavy atom. The Bertz CT molecular complexity index is 761. The van der Waals surface area contributed by atoms with Crippen LogP contribution >= 0.6 is 0 Å². The molecule has 0 N–H and O–H groups in total. The van der Waals surface area contributed by atoms with Crippen molar-refractivity contribution in [2.24, 2.45) is 11.3 Å². The molecule has 3 rings (SSSR count). The molecule has 1 saturated carbocycles. The molecule has 1 aromatic rings. The van der Waals surface area contributed by atoms with Gasteiger partial charge in [0.1, 0.15) is 0 Å². The summed E-state index contributed by atoms with van der Waals surface area (Å²) >= 11 is 0. The molecule has 1 aliphatic heterocycles. The number of nitrogens with zero attached hydrogens (tertiary/aromatic N) is 2. The highest BCUT2D eigenvalue weighted by molar-refractivity contribution is 5.31. The quantitative estimate of drug-likeness (QED) is 0.383. The Balaban J connectivity index is 1.70. The lowest BCUT2D eigenvalue weighted by Gasteiger charge is -2.45. The normalized spacial score (nSPS) is 22.7. The van der Waals surface area contributed by atoms with Crippen molar-refractivity contribution in [3.63, 3.8) is 0 Å². The van der Waals surface area contributed by atoms with Gasteiger partial charge in [-0.15, -0.1) is 0 Å². The number of hydrogen-bond acceptors (Lipinski definition) is 2. The number of allylic oxidation sites excluding steroid dienone is 4. The van der Waals surface area contributed by atoms with Crippen molar-refractivity contribution in [2.75, 3.05) is 39.8 Å². The van der Waals surface area contributed by atoms with Gasteiger partial charge in [0.25, 0.3) is 0 Å². The maximum atomic E-state index is 4.41. The second kappa shape index (κ2) is 12.0. The van der Waals surface area contributed by atoms with Crippen molar-refractivity contribution in [1.29, 1.82) is 0 Å². The molecule has 0 bridgehead atoms. The maximum absolute atomic E-state index is 4.41. The Morgan fingerprint density at radius 1 is 1.03 bits per heavy atom. The average Bonchev–Trinajstić information content (AvgIpc) is 2.81. The van der Waals surface area contributed by atoms with Gasteiger partial charge in [0.05, 0.1) is 0 Å². The molecule has 2 atom stereocenters. The lowest BCUT2D eigenvalue weighted by molar-refractivity contribution is 0.0790. The Kier molecular flexibility index (Phi) is 9.37. The fourth-order valence-corrected chi connectivity index (χ4v) is 5.71. The summed E-state index contributed by atoms with van der Waals surface area (Å²) in [6.07, 6.45) is 15.0. The Morgan fingerprint density at radius 2 is 1.69 bits per heavy atom. The van der Waals surface area contributed by atoms with Crippen molar-refractivity contribution in [3.8, 4) is 0 Å². The minimum atomic E-state index is 0.409. The summed E-state index contributed by atoms with van der Waals surface area (Å²) in [6.45, 7) is 17.5. The minimum absolute atomic E-state index is 0.409. The smallest absolute Gasteiger partial charge is 0.0110 e. The summed E-state index contributed by atoms with van der Waals surface area (Å²) in [5, 5.41) is 0. The molecule has 32 heavy (non-hydrogen) atoms. The first kappa shape index (κ1) is 25.0. The zero-order valence-electron chi connectivity index (χ0n) is 21.2. The zero-order chi connectivity index (χ0) is 23.0. The highest BCUT2D eigenvalue weighted by Crippen LogP contribution is 2.46. The van der Waals surface area contributed by atoms with Crippen LogP contribution in [0.3, 0.4) is 0 Å². The van der Waals surface area contributed by atoms with E-state index in [-0.39, 0.29) is 0 Å². The van der Waals surface area contributed by atoms with Crippen molar-refractivity contribution >= 4 is 0 Å². The first-order chi connectivity index (χ1) is 15.4. The number of piperazine rings is 1. The third-order valence-corrected chi connectivity index (χ3v) is 8.06. The van der Waals surface area contributed by atoms with Crippen molar-refractivity contribution in [2.45, 2.75) is 65.2 Å². The van der Waals surface area contributed by atoms with Crippen LogP contribution in [0.2, 0.25) is 0 Å². The van der Waals surface area contributed by atoms with Crippen LogP contribution in [0.25, 0.3) is 0 Å².